The van der Waals surface area contributed by atoms with Crippen molar-refractivity contribution < 1.29 is 9.59 Å². The predicted octanol–water partition coefficient (Wildman–Crippen LogP) is 4.37. The van der Waals surface area contributed by atoms with Gasteiger partial charge in [0, 0.05) is 43.1 Å². The Hall–Kier alpha value is -2.82. The maximum absolute atomic E-state index is 12.5. The zero-order valence-corrected chi connectivity index (χ0v) is 16.2. The molecule has 2 aromatic rings. The van der Waals surface area contributed by atoms with Crippen molar-refractivity contribution in [1.82, 2.24) is 4.90 Å². The van der Waals surface area contributed by atoms with Crippen LogP contribution < -0.4 is 10.2 Å². The quantitative estimate of drug-likeness (QED) is 0.819. The Kier molecular flexibility index (Phi) is 5.79. The molecule has 1 heterocycles. The van der Waals surface area contributed by atoms with Crippen molar-refractivity contribution >= 4 is 23.2 Å². The fourth-order valence-corrected chi connectivity index (χ4v) is 3.24. The smallest absolute Gasteiger partial charge is 0.321 e. The highest BCUT2D eigenvalue weighted by atomic mass is 16.2. The van der Waals surface area contributed by atoms with Crippen molar-refractivity contribution in [2.75, 3.05) is 36.4 Å². The highest BCUT2D eigenvalue weighted by Gasteiger charge is 2.21. The molecule has 0 saturated carbocycles. The van der Waals surface area contributed by atoms with Crippen molar-refractivity contribution in [3.8, 4) is 0 Å². The molecular weight excluding hydrogens is 338 g/mol. The van der Waals surface area contributed by atoms with Gasteiger partial charge in [-0.15, -0.1) is 0 Å². The third-order valence-electron chi connectivity index (χ3n) is 5.01. The average molecular weight is 365 g/mol. The number of carbonyl (C=O) groups is 2. The maximum Gasteiger partial charge on any atom is 0.321 e. The van der Waals surface area contributed by atoms with Crippen molar-refractivity contribution in [1.29, 1.82) is 0 Å². The summed E-state index contributed by atoms with van der Waals surface area (Å²) >= 11 is 0. The lowest BCUT2D eigenvalue weighted by atomic mass is 10.0. The Labute approximate surface area is 161 Å². The van der Waals surface area contributed by atoms with E-state index < -0.39 is 0 Å². The summed E-state index contributed by atoms with van der Waals surface area (Å²) < 4.78 is 0. The normalized spacial score (nSPS) is 14.4. The average Bonchev–Trinajstić information content (AvgIpc) is 2.68. The molecule has 0 aromatic heterocycles. The van der Waals surface area contributed by atoms with Gasteiger partial charge in [-0.2, -0.15) is 0 Å². The van der Waals surface area contributed by atoms with E-state index in [1.807, 2.05) is 41.3 Å². The molecule has 0 aliphatic carbocycles. The first-order valence-electron chi connectivity index (χ1n) is 9.46. The molecule has 3 rings (SSSR count). The van der Waals surface area contributed by atoms with E-state index in [-0.39, 0.29) is 11.8 Å². The van der Waals surface area contributed by atoms with Gasteiger partial charge in [0.15, 0.2) is 5.78 Å². The summed E-state index contributed by atoms with van der Waals surface area (Å²) in [6, 6.07) is 15.6. The standard InChI is InChI=1S/C22H27N3O2/c1-16(2)18-7-9-20(10-8-18)23-22(27)25-13-11-24(12-14-25)21-6-4-5-19(15-21)17(3)26/h4-10,15-16H,11-14H2,1-3H3,(H,23,27). The van der Waals surface area contributed by atoms with Crippen molar-refractivity contribution in [3.63, 3.8) is 0 Å². The van der Waals surface area contributed by atoms with Gasteiger partial charge in [-0.05, 0) is 42.7 Å². The molecule has 5 nitrogen and oxygen atoms in total. The molecule has 27 heavy (non-hydrogen) atoms. The fraction of sp³-hybridized carbons (Fsp3) is 0.364. The van der Waals surface area contributed by atoms with Gasteiger partial charge >= 0.3 is 6.03 Å². The number of amides is 2. The first-order chi connectivity index (χ1) is 12.9. The SMILES string of the molecule is CC(=O)c1cccc(N2CCN(C(=O)Nc3ccc(C(C)C)cc3)CC2)c1. The van der Waals surface area contributed by atoms with Gasteiger partial charge in [0.2, 0.25) is 0 Å². The number of ketones is 1. The van der Waals surface area contributed by atoms with Crippen LogP contribution in [0.5, 0.6) is 0 Å². The Morgan fingerprint density at radius 2 is 1.63 bits per heavy atom. The Balaban J connectivity index is 1.56. The van der Waals surface area contributed by atoms with E-state index in [4.69, 9.17) is 0 Å². The van der Waals surface area contributed by atoms with E-state index in [0.29, 0.717) is 19.0 Å². The second-order valence-electron chi connectivity index (χ2n) is 7.29. The molecule has 1 fully saturated rings. The minimum Gasteiger partial charge on any atom is -0.368 e. The predicted molar refractivity (Wildman–Crippen MR) is 110 cm³/mol. The number of Topliss-reactive ketones (excluding diaryl/α,β-unsaturated/α-hetero) is 1. The van der Waals surface area contributed by atoms with Crippen LogP contribution in [0.2, 0.25) is 0 Å². The first kappa shape index (κ1) is 19.0. The van der Waals surface area contributed by atoms with Crippen LogP contribution >= 0.6 is 0 Å². The van der Waals surface area contributed by atoms with Gasteiger partial charge in [-0.1, -0.05) is 38.1 Å². The van der Waals surface area contributed by atoms with Crippen molar-refractivity contribution in [2.45, 2.75) is 26.7 Å². The number of nitrogens with zero attached hydrogens (tertiary/aromatic N) is 2. The van der Waals surface area contributed by atoms with Crippen LogP contribution in [0.25, 0.3) is 0 Å². The van der Waals surface area contributed by atoms with E-state index in [1.165, 1.54) is 5.56 Å². The number of anilines is 2. The van der Waals surface area contributed by atoms with Gasteiger partial charge in [0.05, 0.1) is 0 Å². The summed E-state index contributed by atoms with van der Waals surface area (Å²) in [4.78, 5) is 28.1. The lowest BCUT2D eigenvalue weighted by Gasteiger charge is -2.36. The second kappa shape index (κ2) is 8.25. The second-order valence-corrected chi connectivity index (χ2v) is 7.29. The van der Waals surface area contributed by atoms with Crippen LogP contribution in [-0.4, -0.2) is 42.9 Å². The van der Waals surface area contributed by atoms with Gasteiger partial charge in [0.25, 0.3) is 0 Å². The Morgan fingerprint density at radius 3 is 2.22 bits per heavy atom. The van der Waals surface area contributed by atoms with E-state index >= 15 is 0 Å². The maximum atomic E-state index is 12.5. The summed E-state index contributed by atoms with van der Waals surface area (Å²) in [6.07, 6.45) is 0. The topological polar surface area (TPSA) is 52.7 Å². The highest BCUT2D eigenvalue weighted by Crippen LogP contribution is 2.20. The van der Waals surface area contributed by atoms with Gasteiger partial charge in [-0.25, -0.2) is 4.79 Å². The lowest BCUT2D eigenvalue weighted by molar-refractivity contribution is 0.101. The molecule has 2 amide bonds. The van der Waals surface area contributed by atoms with Crippen molar-refractivity contribution in [2.24, 2.45) is 0 Å². The molecule has 0 bridgehead atoms. The number of benzene rings is 2. The van der Waals surface area contributed by atoms with Gasteiger partial charge in [0.1, 0.15) is 0 Å². The molecule has 1 aliphatic rings. The summed E-state index contributed by atoms with van der Waals surface area (Å²) in [5, 5.41) is 2.98. The van der Waals surface area contributed by atoms with E-state index in [2.05, 4.69) is 36.2 Å². The molecule has 0 unspecified atom stereocenters. The molecule has 1 aliphatic heterocycles. The van der Waals surface area contributed by atoms with Crippen LogP contribution in [0, 0.1) is 0 Å². The molecule has 0 spiro atoms. The van der Waals surface area contributed by atoms with E-state index in [0.717, 1.165) is 30.0 Å². The van der Waals surface area contributed by atoms with Crippen LogP contribution in [-0.2, 0) is 0 Å². The third kappa shape index (κ3) is 4.67. The molecule has 1 N–H and O–H groups in total. The van der Waals surface area contributed by atoms with Gasteiger partial charge in [-0.3, -0.25) is 4.79 Å². The number of urea groups is 1. The number of hydrogen-bond donors (Lipinski definition) is 1. The van der Waals surface area contributed by atoms with E-state index in [1.54, 1.807) is 6.92 Å². The number of nitrogens with one attached hydrogen (secondary N) is 1. The third-order valence-corrected chi connectivity index (χ3v) is 5.01. The monoisotopic (exact) mass is 365 g/mol. The summed E-state index contributed by atoms with van der Waals surface area (Å²) in [5.41, 5.74) is 3.83. The van der Waals surface area contributed by atoms with Gasteiger partial charge < -0.3 is 15.1 Å². The Bertz CT molecular complexity index is 807. The molecule has 142 valence electrons. The number of carbonyl (C=O) groups excluding carboxylic acids is 2. The van der Waals surface area contributed by atoms with E-state index in [9.17, 15) is 9.59 Å². The zero-order chi connectivity index (χ0) is 19.4. The Morgan fingerprint density at radius 1 is 0.963 bits per heavy atom. The van der Waals surface area contributed by atoms with Crippen LogP contribution in [0.15, 0.2) is 48.5 Å². The lowest BCUT2D eigenvalue weighted by Crippen LogP contribution is -2.50. The summed E-state index contributed by atoms with van der Waals surface area (Å²) in [7, 11) is 0. The molecule has 2 aromatic carbocycles. The molecular formula is C22H27N3O2. The molecule has 0 radical (unpaired) electrons. The summed E-state index contributed by atoms with van der Waals surface area (Å²) in [6.45, 7) is 8.69. The minimum atomic E-state index is -0.0653. The molecule has 5 heteroatoms. The van der Waals surface area contributed by atoms with Crippen molar-refractivity contribution in [3.05, 3.63) is 59.7 Å². The highest BCUT2D eigenvalue weighted by molar-refractivity contribution is 5.95. The van der Waals surface area contributed by atoms with Crippen LogP contribution in [0.1, 0.15) is 42.6 Å². The number of hydrogen-bond acceptors (Lipinski definition) is 3. The van der Waals surface area contributed by atoms with Crippen LogP contribution in [0.3, 0.4) is 0 Å². The molecule has 0 atom stereocenters. The zero-order valence-electron chi connectivity index (χ0n) is 16.2. The summed E-state index contributed by atoms with van der Waals surface area (Å²) in [5.74, 6) is 0.544. The largest absolute Gasteiger partial charge is 0.368 e. The molecule has 1 saturated heterocycles. The van der Waals surface area contributed by atoms with Crippen LogP contribution in [0.4, 0.5) is 16.2 Å². The minimum absolute atomic E-state index is 0.0653. The first-order valence-corrected chi connectivity index (χ1v) is 9.46. The number of piperazine rings is 1. The number of rotatable bonds is 4. The fourth-order valence-electron chi connectivity index (χ4n) is 3.24.